The molecule has 1 aliphatic rings. The Labute approximate surface area is 166 Å². The second-order valence-corrected chi connectivity index (χ2v) is 7.77. The van der Waals surface area contributed by atoms with Crippen molar-refractivity contribution in [1.29, 1.82) is 0 Å². The van der Waals surface area contributed by atoms with Gasteiger partial charge < -0.3 is 14.2 Å². The monoisotopic (exact) mass is 398 g/mol. The highest BCUT2D eigenvalue weighted by atomic mass is 32.2. The van der Waals surface area contributed by atoms with Crippen LogP contribution in [0.3, 0.4) is 0 Å². The minimum absolute atomic E-state index is 0.327. The first-order valence-electron chi connectivity index (χ1n) is 8.93. The summed E-state index contributed by atoms with van der Waals surface area (Å²) in [4.78, 5) is 26.7. The van der Waals surface area contributed by atoms with Crippen LogP contribution in [0.5, 0.6) is 0 Å². The highest BCUT2D eigenvalue weighted by molar-refractivity contribution is 7.99. The molecule has 7 heteroatoms. The number of nitrogens with zero attached hydrogens (tertiary/aromatic N) is 2. The normalized spacial score (nSPS) is 16.5. The van der Waals surface area contributed by atoms with Crippen LogP contribution in [-0.2, 0) is 16.6 Å². The molecule has 2 aromatic carbocycles. The Morgan fingerprint density at radius 2 is 1.93 bits per heavy atom. The molecular formula is C21H19FN2O3S. The Balaban J connectivity index is 1.46. The Morgan fingerprint density at radius 3 is 2.75 bits per heavy atom. The van der Waals surface area contributed by atoms with Crippen molar-refractivity contribution in [2.45, 2.75) is 5.37 Å². The average molecular weight is 398 g/mol. The van der Waals surface area contributed by atoms with Gasteiger partial charge in [-0.1, -0.05) is 36.4 Å². The molecule has 0 N–H and O–H groups in total. The van der Waals surface area contributed by atoms with Crippen molar-refractivity contribution in [3.8, 4) is 0 Å². The number of carbonyl (C=O) groups excluding carboxylic acids is 2. The summed E-state index contributed by atoms with van der Waals surface area (Å²) in [5.41, 5.74) is 1.81. The molecule has 144 valence electrons. The van der Waals surface area contributed by atoms with Gasteiger partial charge in [-0.05, 0) is 12.1 Å². The van der Waals surface area contributed by atoms with Gasteiger partial charge in [0.25, 0.3) is 5.91 Å². The predicted molar refractivity (Wildman–Crippen MR) is 107 cm³/mol. The van der Waals surface area contributed by atoms with Crippen LogP contribution < -0.4 is 0 Å². The van der Waals surface area contributed by atoms with E-state index >= 15 is 0 Å². The highest BCUT2D eigenvalue weighted by Crippen LogP contribution is 2.38. The SMILES string of the molecule is Cn1cc(C(=O)OCC(=O)N2CCS[C@@H]2c2ccccc2F)c2ccccc21. The lowest BCUT2D eigenvalue weighted by Crippen LogP contribution is -2.34. The van der Waals surface area contributed by atoms with Crippen LogP contribution in [0.2, 0.25) is 0 Å². The second-order valence-electron chi connectivity index (χ2n) is 6.58. The highest BCUT2D eigenvalue weighted by Gasteiger charge is 2.32. The van der Waals surface area contributed by atoms with Gasteiger partial charge in [0.15, 0.2) is 6.61 Å². The molecule has 0 unspecified atom stereocenters. The molecule has 1 atom stereocenters. The first-order valence-corrected chi connectivity index (χ1v) is 9.98. The molecule has 5 nitrogen and oxygen atoms in total. The molecule has 0 saturated carbocycles. The number of hydrogen-bond acceptors (Lipinski definition) is 4. The van der Waals surface area contributed by atoms with Gasteiger partial charge in [0.2, 0.25) is 0 Å². The van der Waals surface area contributed by atoms with E-state index in [0.29, 0.717) is 23.4 Å². The first-order chi connectivity index (χ1) is 13.6. The molecule has 0 aliphatic carbocycles. The third-order valence-electron chi connectivity index (χ3n) is 4.83. The standard InChI is InChI=1S/C21H19FN2O3S/c1-23-12-16(14-6-3-5-9-18(14)23)21(26)27-13-19(25)24-10-11-28-20(24)15-7-2-4-8-17(15)22/h2-9,12,20H,10-11,13H2,1H3/t20-/m1/s1. The molecule has 1 saturated heterocycles. The second kappa shape index (κ2) is 7.67. The quantitative estimate of drug-likeness (QED) is 0.628. The third-order valence-corrected chi connectivity index (χ3v) is 6.07. The molecule has 1 fully saturated rings. The predicted octanol–water partition coefficient (Wildman–Crippen LogP) is 3.75. The number of aromatic nitrogens is 1. The van der Waals surface area contributed by atoms with Crippen molar-refractivity contribution in [2.75, 3.05) is 18.9 Å². The van der Waals surface area contributed by atoms with Gasteiger partial charge in [-0.3, -0.25) is 4.79 Å². The van der Waals surface area contributed by atoms with Gasteiger partial charge in [-0.15, -0.1) is 11.8 Å². The van der Waals surface area contributed by atoms with E-state index in [0.717, 1.165) is 10.9 Å². The zero-order chi connectivity index (χ0) is 19.7. The van der Waals surface area contributed by atoms with Crippen LogP contribution in [0.1, 0.15) is 21.3 Å². The Bertz CT molecular complexity index is 1050. The van der Waals surface area contributed by atoms with Crippen molar-refractivity contribution in [3.05, 3.63) is 71.7 Å². The number of rotatable bonds is 4. The fourth-order valence-electron chi connectivity index (χ4n) is 3.45. The molecule has 28 heavy (non-hydrogen) atoms. The third kappa shape index (κ3) is 3.38. The Kier molecular flexibility index (Phi) is 5.09. The lowest BCUT2D eigenvalue weighted by atomic mass is 10.2. The topological polar surface area (TPSA) is 51.5 Å². The van der Waals surface area contributed by atoms with Crippen molar-refractivity contribution >= 4 is 34.5 Å². The lowest BCUT2D eigenvalue weighted by molar-refractivity contribution is -0.134. The molecule has 1 aliphatic heterocycles. The van der Waals surface area contributed by atoms with Gasteiger partial charge >= 0.3 is 5.97 Å². The lowest BCUT2D eigenvalue weighted by Gasteiger charge is -2.24. The molecule has 2 heterocycles. The van der Waals surface area contributed by atoms with Gasteiger partial charge in [0.05, 0.1) is 5.56 Å². The molecule has 0 bridgehead atoms. The zero-order valence-corrected chi connectivity index (χ0v) is 16.1. The van der Waals surface area contributed by atoms with Crippen LogP contribution in [0.4, 0.5) is 4.39 Å². The van der Waals surface area contributed by atoms with Gasteiger partial charge in [0.1, 0.15) is 11.2 Å². The van der Waals surface area contributed by atoms with Crippen LogP contribution in [0.15, 0.2) is 54.7 Å². The van der Waals surface area contributed by atoms with Crippen LogP contribution >= 0.6 is 11.8 Å². The fraction of sp³-hybridized carbons (Fsp3) is 0.238. The maximum atomic E-state index is 14.1. The number of benzene rings is 2. The summed E-state index contributed by atoms with van der Waals surface area (Å²) in [7, 11) is 1.85. The van der Waals surface area contributed by atoms with E-state index in [2.05, 4.69) is 0 Å². The number of halogens is 1. The molecule has 1 amide bonds. The van der Waals surface area contributed by atoms with Crippen LogP contribution in [-0.4, -0.2) is 40.2 Å². The summed E-state index contributed by atoms with van der Waals surface area (Å²) in [6.07, 6.45) is 1.70. The van der Waals surface area contributed by atoms with E-state index in [1.165, 1.54) is 17.8 Å². The van der Waals surface area contributed by atoms with Crippen molar-refractivity contribution in [3.63, 3.8) is 0 Å². The number of hydrogen-bond donors (Lipinski definition) is 0. The smallest absolute Gasteiger partial charge is 0.340 e. The van der Waals surface area contributed by atoms with E-state index in [1.807, 2.05) is 35.9 Å². The molecule has 3 aromatic rings. The number of thioether (sulfide) groups is 1. The number of ether oxygens (including phenoxy) is 1. The number of esters is 1. The van der Waals surface area contributed by atoms with Gasteiger partial charge in [-0.2, -0.15) is 0 Å². The Morgan fingerprint density at radius 1 is 1.18 bits per heavy atom. The minimum atomic E-state index is -0.542. The summed E-state index contributed by atoms with van der Waals surface area (Å²) in [6.45, 7) is 0.127. The maximum absolute atomic E-state index is 14.1. The van der Waals surface area contributed by atoms with E-state index in [9.17, 15) is 14.0 Å². The van der Waals surface area contributed by atoms with E-state index in [-0.39, 0.29) is 18.3 Å². The summed E-state index contributed by atoms with van der Waals surface area (Å²) < 4.78 is 21.3. The number of amides is 1. The zero-order valence-electron chi connectivity index (χ0n) is 15.3. The van der Waals surface area contributed by atoms with E-state index in [1.54, 1.807) is 29.3 Å². The van der Waals surface area contributed by atoms with Crippen LogP contribution in [0.25, 0.3) is 10.9 Å². The fourth-order valence-corrected chi connectivity index (χ4v) is 4.75. The number of fused-ring (bicyclic) bond motifs is 1. The van der Waals surface area contributed by atoms with Crippen molar-refractivity contribution in [1.82, 2.24) is 9.47 Å². The largest absolute Gasteiger partial charge is 0.452 e. The number of carbonyl (C=O) groups is 2. The van der Waals surface area contributed by atoms with Crippen molar-refractivity contribution < 1.29 is 18.7 Å². The summed E-state index contributed by atoms with van der Waals surface area (Å²) >= 11 is 1.50. The van der Waals surface area contributed by atoms with E-state index < -0.39 is 11.3 Å². The molecule has 0 radical (unpaired) electrons. The minimum Gasteiger partial charge on any atom is -0.452 e. The average Bonchev–Trinajstić information content (AvgIpc) is 3.32. The van der Waals surface area contributed by atoms with Gasteiger partial charge in [0, 0.05) is 42.0 Å². The summed E-state index contributed by atoms with van der Waals surface area (Å²) in [5, 5.41) is 0.383. The summed E-state index contributed by atoms with van der Waals surface area (Å²) in [6, 6.07) is 13.9. The molecule has 0 spiro atoms. The van der Waals surface area contributed by atoms with Crippen LogP contribution in [0, 0.1) is 5.82 Å². The number of aryl methyl sites for hydroxylation is 1. The maximum Gasteiger partial charge on any atom is 0.340 e. The van der Waals surface area contributed by atoms with Gasteiger partial charge in [-0.25, -0.2) is 9.18 Å². The summed E-state index contributed by atoms with van der Waals surface area (Å²) in [5.74, 6) is -0.499. The van der Waals surface area contributed by atoms with Crippen molar-refractivity contribution in [2.24, 2.45) is 7.05 Å². The van der Waals surface area contributed by atoms with E-state index in [4.69, 9.17) is 4.74 Å². The molecule has 1 aromatic heterocycles. The molecular weight excluding hydrogens is 379 g/mol. The Hall–Kier alpha value is -2.80. The first kappa shape index (κ1) is 18.6. The number of para-hydroxylation sites is 1. The molecule has 4 rings (SSSR count).